The fraction of sp³-hybridized carbons (Fsp3) is 0.650. The topological polar surface area (TPSA) is 32.3 Å². The molecule has 3 nitrogen and oxygen atoms in total. The monoisotopic (exact) mass is 400 g/mol. The van der Waals surface area contributed by atoms with Gasteiger partial charge in [0.05, 0.1) is 0 Å². The van der Waals surface area contributed by atoms with Crippen LogP contribution in [-0.4, -0.2) is 35.4 Å². The lowest BCUT2D eigenvalue weighted by molar-refractivity contribution is -0.137. The second-order valence-electron chi connectivity index (χ2n) is 7.51. The SMILES string of the molecule is O=C(C1CCCCC1)N1CCC(NCc2ccc(SC(F)(F)F)cc2)CC1. The van der Waals surface area contributed by atoms with E-state index in [4.69, 9.17) is 0 Å². The number of benzene rings is 1. The number of carbonyl (C=O) groups excluding carboxylic acids is 1. The Kier molecular flexibility index (Phi) is 7.09. The number of hydrogen-bond donors (Lipinski definition) is 1. The van der Waals surface area contributed by atoms with Gasteiger partial charge in [0.15, 0.2) is 0 Å². The van der Waals surface area contributed by atoms with E-state index in [0.717, 1.165) is 44.3 Å². The Morgan fingerprint density at radius 3 is 2.26 bits per heavy atom. The number of alkyl halides is 3. The van der Waals surface area contributed by atoms with Crippen LogP contribution in [0.4, 0.5) is 13.2 Å². The zero-order valence-corrected chi connectivity index (χ0v) is 16.2. The summed E-state index contributed by atoms with van der Waals surface area (Å²) in [6.45, 7) is 2.24. The summed E-state index contributed by atoms with van der Waals surface area (Å²) in [5.74, 6) is 0.572. The van der Waals surface area contributed by atoms with Crippen molar-refractivity contribution < 1.29 is 18.0 Å². The molecular weight excluding hydrogens is 373 g/mol. The van der Waals surface area contributed by atoms with Gasteiger partial charge in [-0.15, -0.1) is 0 Å². The molecule has 150 valence electrons. The fourth-order valence-corrected chi connectivity index (χ4v) is 4.52. The first kappa shape index (κ1) is 20.5. The molecule has 3 rings (SSSR count). The summed E-state index contributed by atoms with van der Waals surface area (Å²) in [5, 5.41) is 3.48. The maximum atomic E-state index is 12.6. The lowest BCUT2D eigenvalue weighted by atomic mass is 9.87. The van der Waals surface area contributed by atoms with E-state index in [-0.39, 0.29) is 22.6 Å². The predicted molar refractivity (Wildman–Crippen MR) is 101 cm³/mol. The molecule has 0 radical (unpaired) electrons. The summed E-state index contributed by atoms with van der Waals surface area (Å²) in [4.78, 5) is 14.8. The second kappa shape index (κ2) is 9.32. The van der Waals surface area contributed by atoms with Crippen molar-refractivity contribution in [3.05, 3.63) is 29.8 Å². The van der Waals surface area contributed by atoms with Crippen LogP contribution in [0.1, 0.15) is 50.5 Å². The lowest BCUT2D eigenvalue weighted by Crippen LogP contribution is -2.46. The van der Waals surface area contributed by atoms with Crippen LogP contribution in [-0.2, 0) is 11.3 Å². The van der Waals surface area contributed by atoms with Crippen LogP contribution < -0.4 is 5.32 Å². The highest BCUT2D eigenvalue weighted by atomic mass is 32.2. The molecule has 1 aliphatic heterocycles. The molecule has 1 heterocycles. The number of thioether (sulfide) groups is 1. The Morgan fingerprint density at radius 2 is 1.67 bits per heavy atom. The van der Waals surface area contributed by atoms with Crippen molar-refractivity contribution in [2.24, 2.45) is 5.92 Å². The largest absolute Gasteiger partial charge is 0.446 e. The summed E-state index contributed by atoms with van der Waals surface area (Å²) in [6, 6.07) is 6.86. The first-order chi connectivity index (χ1) is 12.9. The van der Waals surface area contributed by atoms with Crippen molar-refractivity contribution in [1.29, 1.82) is 0 Å². The molecule has 0 aromatic heterocycles. The molecule has 1 amide bonds. The summed E-state index contributed by atoms with van der Waals surface area (Å²) in [6.07, 6.45) is 7.55. The summed E-state index contributed by atoms with van der Waals surface area (Å²) in [5.41, 5.74) is -3.27. The molecule has 1 aromatic carbocycles. The molecule has 2 fully saturated rings. The van der Waals surface area contributed by atoms with Gasteiger partial charge in [0.1, 0.15) is 0 Å². The van der Waals surface area contributed by atoms with Gasteiger partial charge in [0, 0.05) is 36.5 Å². The van der Waals surface area contributed by atoms with E-state index in [1.807, 2.05) is 4.90 Å². The van der Waals surface area contributed by atoms with Gasteiger partial charge in [-0.3, -0.25) is 4.79 Å². The molecule has 2 aliphatic rings. The smallest absolute Gasteiger partial charge is 0.342 e. The van der Waals surface area contributed by atoms with Crippen molar-refractivity contribution in [3.63, 3.8) is 0 Å². The molecule has 1 N–H and O–H groups in total. The summed E-state index contributed by atoms with van der Waals surface area (Å²) < 4.78 is 37.1. The molecule has 1 saturated carbocycles. The predicted octanol–water partition coefficient (Wildman–Crippen LogP) is 4.96. The molecule has 0 spiro atoms. The van der Waals surface area contributed by atoms with Gasteiger partial charge >= 0.3 is 5.51 Å². The van der Waals surface area contributed by atoms with Crippen molar-refractivity contribution in [1.82, 2.24) is 10.2 Å². The van der Waals surface area contributed by atoms with E-state index < -0.39 is 5.51 Å². The maximum absolute atomic E-state index is 12.6. The minimum absolute atomic E-state index is 0.0877. The Labute approximate surface area is 163 Å². The molecule has 1 saturated heterocycles. The number of likely N-dealkylation sites (tertiary alicyclic amines) is 1. The summed E-state index contributed by atoms with van der Waals surface area (Å²) >= 11 is -0.0877. The molecule has 0 bridgehead atoms. The Bertz CT molecular complexity index is 607. The van der Waals surface area contributed by atoms with Crippen LogP contribution in [0.5, 0.6) is 0 Å². The number of amides is 1. The standard InChI is InChI=1S/C20H27F3N2OS/c21-20(22,23)27-18-8-6-15(7-9-18)14-24-17-10-12-25(13-11-17)19(26)16-4-2-1-3-5-16/h6-9,16-17,24H,1-5,10-14H2. The normalized spacial score (nSPS) is 20.0. The highest BCUT2D eigenvalue weighted by molar-refractivity contribution is 8.00. The number of nitrogens with one attached hydrogen (secondary N) is 1. The number of nitrogens with zero attached hydrogens (tertiary/aromatic N) is 1. The van der Waals surface area contributed by atoms with Gasteiger partial charge in [-0.05, 0) is 55.1 Å². The van der Waals surface area contributed by atoms with Gasteiger partial charge < -0.3 is 10.2 Å². The molecule has 0 unspecified atom stereocenters. The Morgan fingerprint density at radius 1 is 1.04 bits per heavy atom. The Hall–Kier alpha value is -1.21. The number of piperidine rings is 1. The maximum Gasteiger partial charge on any atom is 0.446 e. The zero-order valence-electron chi connectivity index (χ0n) is 15.4. The average Bonchev–Trinajstić information content (AvgIpc) is 2.67. The molecular formula is C20H27F3N2OS. The molecule has 0 atom stereocenters. The van der Waals surface area contributed by atoms with Gasteiger partial charge in [0.2, 0.25) is 5.91 Å². The van der Waals surface area contributed by atoms with Gasteiger partial charge in [-0.25, -0.2) is 0 Å². The quantitative estimate of drug-likeness (QED) is 0.709. The number of rotatable bonds is 5. The highest BCUT2D eigenvalue weighted by Gasteiger charge is 2.30. The van der Waals surface area contributed by atoms with Crippen molar-refractivity contribution in [2.75, 3.05) is 13.1 Å². The third-order valence-electron chi connectivity index (χ3n) is 5.51. The van der Waals surface area contributed by atoms with Crippen molar-refractivity contribution in [2.45, 2.75) is 67.9 Å². The first-order valence-electron chi connectivity index (χ1n) is 9.77. The van der Waals surface area contributed by atoms with Crippen LogP contribution in [0, 0.1) is 5.92 Å². The van der Waals surface area contributed by atoms with E-state index >= 15 is 0 Å². The van der Waals surface area contributed by atoms with E-state index in [0.29, 0.717) is 18.5 Å². The molecule has 7 heteroatoms. The van der Waals surface area contributed by atoms with Crippen LogP contribution in [0.15, 0.2) is 29.2 Å². The summed E-state index contributed by atoms with van der Waals surface area (Å²) in [7, 11) is 0. The van der Waals surface area contributed by atoms with Gasteiger partial charge in [0.25, 0.3) is 0 Å². The van der Waals surface area contributed by atoms with E-state index in [1.165, 1.54) is 31.4 Å². The van der Waals surface area contributed by atoms with Gasteiger partial charge in [-0.1, -0.05) is 31.4 Å². The van der Waals surface area contributed by atoms with Crippen molar-refractivity contribution >= 4 is 17.7 Å². The van der Waals surface area contributed by atoms with Crippen LogP contribution in [0.2, 0.25) is 0 Å². The Balaban J connectivity index is 1.40. The number of carbonyl (C=O) groups is 1. The van der Waals surface area contributed by atoms with Crippen LogP contribution in [0.25, 0.3) is 0 Å². The molecule has 27 heavy (non-hydrogen) atoms. The minimum Gasteiger partial charge on any atom is -0.342 e. The fourth-order valence-electron chi connectivity index (χ4n) is 3.98. The molecule has 1 aliphatic carbocycles. The van der Waals surface area contributed by atoms with Gasteiger partial charge in [-0.2, -0.15) is 13.2 Å². The first-order valence-corrected chi connectivity index (χ1v) is 10.6. The van der Waals surface area contributed by atoms with E-state index in [1.54, 1.807) is 12.1 Å². The number of hydrogen-bond acceptors (Lipinski definition) is 3. The lowest BCUT2D eigenvalue weighted by Gasteiger charge is -2.35. The van der Waals surface area contributed by atoms with E-state index in [2.05, 4.69) is 5.32 Å². The second-order valence-corrected chi connectivity index (χ2v) is 8.65. The highest BCUT2D eigenvalue weighted by Crippen LogP contribution is 2.36. The van der Waals surface area contributed by atoms with Crippen molar-refractivity contribution in [3.8, 4) is 0 Å². The van der Waals surface area contributed by atoms with Crippen LogP contribution >= 0.6 is 11.8 Å². The average molecular weight is 401 g/mol. The number of halogens is 3. The molecule has 1 aromatic rings. The van der Waals surface area contributed by atoms with E-state index in [9.17, 15) is 18.0 Å². The third kappa shape index (κ3) is 6.42. The minimum atomic E-state index is -4.25. The third-order valence-corrected chi connectivity index (χ3v) is 6.25. The van der Waals surface area contributed by atoms with Crippen LogP contribution in [0.3, 0.4) is 0 Å². The zero-order chi connectivity index (χ0) is 19.3.